The van der Waals surface area contributed by atoms with Gasteiger partial charge in [0.15, 0.2) is 0 Å². The summed E-state index contributed by atoms with van der Waals surface area (Å²) in [7, 11) is 0. The van der Waals surface area contributed by atoms with Gasteiger partial charge in [0.2, 0.25) is 11.8 Å². The lowest BCUT2D eigenvalue weighted by Gasteiger charge is -2.33. The van der Waals surface area contributed by atoms with Crippen LogP contribution in [0.15, 0.2) is 34.2 Å². The molecule has 0 N–H and O–H groups in total. The average Bonchev–Trinajstić information content (AvgIpc) is 3.03. The molecule has 0 bridgehead atoms. The molecule has 2 aromatic heterocycles. The minimum Gasteiger partial charge on any atom is -0.411 e. The van der Waals surface area contributed by atoms with Crippen LogP contribution in [0, 0.1) is 0 Å². The second kappa shape index (κ2) is 6.91. The third-order valence-electron chi connectivity index (χ3n) is 3.76. The van der Waals surface area contributed by atoms with Gasteiger partial charge in [-0.05, 0) is 38.3 Å². The number of carbonyl (C=O) groups excluding carboxylic acids is 1. The van der Waals surface area contributed by atoms with Gasteiger partial charge in [-0.2, -0.15) is 0 Å². The first-order valence-electron chi connectivity index (χ1n) is 7.40. The molecule has 0 saturated carbocycles. The molecule has 3 rings (SSSR count). The van der Waals surface area contributed by atoms with Crippen LogP contribution < -0.4 is 0 Å². The zero-order valence-electron chi connectivity index (χ0n) is 12.4. The molecule has 1 aliphatic heterocycles. The lowest BCUT2D eigenvalue weighted by molar-refractivity contribution is -0.131. The largest absolute Gasteiger partial charge is 0.411 e. The summed E-state index contributed by atoms with van der Waals surface area (Å²) < 4.78 is 5.56. The Morgan fingerprint density at radius 2 is 2.36 bits per heavy atom. The van der Waals surface area contributed by atoms with Gasteiger partial charge in [0.25, 0.3) is 5.22 Å². The van der Waals surface area contributed by atoms with Gasteiger partial charge < -0.3 is 9.32 Å². The van der Waals surface area contributed by atoms with Gasteiger partial charge in [-0.1, -0.05) is 11.8 Å². The van der Waals surface area contributed by atoms with Crippen LogP contribution >= 0.6 is 11.8 Å². The molecule has 0 spiro atoms. The molecule has 1 saturated heterocycles. The number of likely N-dealkylation sites (tertiary alicyclic amines) is 1. The monoisotopic (exact) mass is 318 g/mol. The fraction of sp³-hybridized carbons (Fsp3) is 0.467. The van der Waals surface area contributed by atoms with Gasteiger partial charge >= 0.3 is 0 Å². The highest BCUT2D eigenvalue weighted by Crippen LogP contribution is 2.24. The standard InChI is InChI=1S/C15H18N4O2S/c1-11-5-2-3-8-19(11)13(20)10-22-15-18-17-14(21-15)12-6-4-7-16-9-12/h4,6-7,9,11H,2-3,5,8,10H2,1H3. The molecule has 0 radical (unpaired) electrons. The molecule has 0 aliphatic carbocycles. The van der Waals surface area contributed by atoms with Crippen LogP contribution in [0.2, 0.25) is 0 Å². The number of nitrogens with zero attached hydrogens (tertiary/aromatic N) is 4. The maximum Gasteiger partial charge on any atom is 0.277 e. The van der Waals surface area contributed by atoms with E-state index in [-0.39, 0.29) is 5.91 Å². The zero-order chi connectivity index (χ0) is 15.4. The average molecular weight is 318 g/mol. The number of hydrogen-bond donors (Lipinski definition) is 0. The number of amides is 1. The minimum atomic E-state index is 0.137. The summed E-state index contributed by atoms with van der Waals surface area (Å²) in [6.07, 6.45) is 6.74. The first-order valence-corrected chi connectivity index (χ1v) is 8.39. The Morgan fingerprint density at radius 3 is 3.14 bits per heavy atom. The summed E-state index contributed by atoms with van der Waals surface area (Å²) in [5.74, 6) is 0.895. The first-order chi connectivity index (χ1) is 10.7. The molecule has 1 atom stereocenters. The summed E-state index contributed by atoms with van der Waals surface area (Å²) in [5.41, 5.74) is 0.776. The Balaban J connectivity index is 1.58. The smallest absolute Gasteiger partial charge is 0.277 e. The lowest BCUT2D eigenvalue weighted by Crippen LogP contribution is -2.42. The molecular weight excluding hydrogens is 300 g/mol. The Labute approximate surface area is 133 Å². The molecule has 1 aliphatic rings. The van der Waals surface area contributed by atoms with Crippen LogP contribution in [0.5, 0.6) is 0 Å². The van der Waals surface area contributed by atoms with Gasteiger partial charge in [0.1, 0.15) is 0 Å². The van der Waals surface area contributed by atoms with Gasteiger partial charge in [-0.25, -0.2) is 0 Å². The summed E-state index contributed by atoms with van der Waals surface area (Å²) in [6, 6.07) is 4.00. The van der Waals surface area contributed by atoms with Gasteiger partial charge in [0, 0.05) is 25.0 Å². The number of thioether (sulfide) groups is 1. The Kier molecular flexibility index (Phi) is 4.72. The van der Waals surface area contributed by atoms with E-state index in [0.717, 1.165) is 24.9 Å². The quantitative estimate of drug-likeness (QED) is 0.807. The third-order valence-corrected chi connectivity index (χ3v) is 4.56. The van der Waals surface area contributed by atoms with Gasteiger partial charge in [0.05, 0.1) is 11.3 Å². The van der Waals surface area contributed by atoms with Crippen molar-refractivity contribution in [1.29, 1.82) is 0 Å². The molecule has 3 heterocycles. The normalized spacial score (nSPS) is 18.4. The minimum absolute atomic E-state index is 0.137. The number of piperidine rings is 1. The maximum atomic E-state index is 12.3. The summed E-state index contributed by atoms with van der Waals surface area (Å²) in [4.78, 5) is 18.2. The van der Waals surface area contributed by atoms with Gasteiger partial charge in [-0.3, -0.25) is 9.78 Å². The molecule has 22 heavy (non-hydrogen) atoms. The molecule has 7 heteroatoms. The van der Waals surface area contributed by atoms with Crippen molar-refractivity contribution < 1.29 is 9.21 Å². The molecular formula is C15H18N4O2S. The van der Waals surface area contributed by atoms with Crippen LogP contribution in [-0.2, 0) is 4.79 Å². The number of hydrogen-bond acceptors (Lipinski definition) is 6. The van der Waals surface area contributed by atoms with E-state index < -0.39 is 0 Å². The molecule has 1 fully saturated rings. The molecule has 0 aromatic carbocycles. The maximum absolute atomic E-state index is 12.3. The summed E-state index contributed by atoms with van der Waals surface area (Å²) >= 11 is 1.29. The second-order valence-corrected chi connectivity index (χ2v) is 6.26. The van der Waals surface area contributed by atoms with Crippen molar-refractivity contribution >= 4 is 17.7 Å². The van der Waals surface area contributed by atoms with Crippen molar-refractivity contribution in [2.24, 2.45) is 0 Å². The number of aromatic nitrogens is 3. The van der Waals surface area contributed by atoms with Crippen LogP contribution in [0.25, 0.3) is 11.5 Å². The molecule has 2 aromatic rings. The summed E-state index contributed by atoms with van der Waals surface area (Å²) in [5, 5.41) is 8.38. The van der Waals surface area contributed by atoms with E-state index >= 15 is 0 Å². The molecule has 1 amide bonds. The van der Waals surface area contributed by atoms with Crippen molar-refractivity contribution in [2.75, 3.05) is 12.3 Å². The Hall–Kier alpha value is -1.89. The van der Waals surface area contributed by atoms with E-state index in [1.807, 2.05) is 17.0 Å². The highest BCUT2D eigenvalue weighted by Gasteiger charge is 2.23. The lowest BCUT2D eigenvalue weighted by atomic mass is 10.0. The van der Waals surface area contributed by atoms with Crippen LogP contribution in [0.1, 0.15) is 26.2 Å². The second-order valence-electron chi connectivity index (χ2n) is 5.34. The van der Waals surface area contributed by atoms with E-state index in [2.05, 4.69) is 22.1 Å². The molecule has 6 nitrogen and oxygen atoms in total. The van der Waals surface area contributed by atoms with Crippen molar-refractivity contribution in [1.82, 2.24) is 20.1 Å². The Morgan fingerprint density at radius 1 is 1.45 bits per heavy atom. The highest BCUT2D eigenvalue weighted by atomic mass is 32.2. The van der Waals surface area contributed by atoms with E-state index in [1.54, 1.807) is 12.4 Å². The fourth-order valence-electron chi connectivity index (χ4n) is 2.55. The summed E-state index contributed by atoms with van der Waals surface area (Å²) in [6.45, 7) is 2.96. The van der Waals surface area contributed by atoms with Gasteiger partial charge in [-0.15, -0.1) is 10.2 Å². The van der Waals surface area contributed by atoms with Crippen LogP contribution in [0.3, 0.4) is 0 Å². The van der Waals surface area contributed by atoms with Crippen molar-refractivity contribution in [3.05, 3.63) is 24.5 Å². The van der Waals surface area contributed by atoms with E-state index in [4.69, 9.17) is 4.42 Å². The fourth-order valence-corrected chi connectivity index (χ4v) is 3.20. The first kappa shape index (κ1) is 15.0. The van der Waals surface area contributed by atoms with Crippen LogP contribution in [-0.4, -0.2) is 44.3 Å². The number of pyridine rings is 1. The SMILES string of the molecule is CC1CCCCN1C(=O)CSc1nnc(-c2cccnc2)o1. The van der Waals surface area contributed by atoms with Crippen LogP contribution in [0.4, 0.5) is 0 Å². The third kappa shape index (κ3) is 3.47. The molecule has 1 unspecified atom stereocenters. The van der Waals surface area contributed by atoms with E-state index in [9.17, 15) is 4.79 Å². The van der Waals surface area contributed by atoms with Crippen molar-refractivity contribution in [2.45, 2.75) is 37.5 Å². The van der Waals surface area contributed by atoms with E-state index in [1.165, 1.54) is 18.2 Å². The number of carbonyl (C=O) groups is 1. The topological polar surface area (TPSA) is 72.1 Å². The zero-order valence-corrected chi connectivity index (χ0v) is 13.3. The highest BCUT2D eigenvalue weighted by molar-refractivity contribution is 7.99. The van der Waals surface area contributed by atoms with Crippen molar-refractivity contribution in [3.63, 3.8) is 0 Å². The Bertz CT molecular complexity index is 631. The molecule has 116 valence electrons. The predicted octanol–water partition coefficient (Wildman–Crippen LogP) is 2.62. The van der Waals surface area contributed by atoms with E-state index in [0.29, 0.717) is 22.9 Å². The number of rotatable bonds is 4. The predicted molar refractivity (Wildman–Crippen MR) is 83.3 cm³/mol. The van der Waals surface area contributed by atoms with Crippen molar-refractivity contribution in [3.8, 4) is 11.5 Å².